The van der Waals surface area contributed by atoms with E-state index in [0.29, 0.717) is 11.3 Å². The Morgan fingerprint density at radius 2 is 2.17 bits per heavy atom. The van der Waals surface area contributed by atoms with Crippen LogP contribution in [0.2, 0.25) is 0 Å². The Morgan fingerprint density at radius 1 is 1.50 bits per heavy atom. The number of amides is 1. The first-order valence-electron chi connectivity index (χ1n) is 3.23. The molecule has 4 heteroatoms. The SMILES string of the molecule is N#Cc1ccccc1NC(=O)S. The number of benzene rings is 1. The summed E-state index contributed by atoms with van der Waals surface area (Å²) in [7, 11) is 0. The van der Waals surface area contributed by atoms with Crippen LogP contribution in [0.5, 0.6) is 0 Å². The van der Waals surface area contributed by atoms with Gasteiger partial charge in [0.1, 0.15) is 6.07 Å². The molecule has 1 rings (SSSR count). The average molecular weight is 178 g/mol. The average Bonchev–Trinajstić information content (AvgIpc) is 2.04. The molecule has 1 N–H and O–H groups in total. The van der Waals surface area contributed by atoms with Gasteiger partial charge in [-0.25, -0.2) is 0 Å². The van der Waals surface area contributed by atoms with E-state index in [0.717, 1.165) is 0 Å². The van der Waals surface area contributed by atoms with E-state index >= 15 is 0 Å². The molecule has 0 aliphatic carbocycles. The molecule has 0 radical (unpaired) electrons. The van der Waals surface area contributed by atoms with Gasteiger partial charge in [-0.15, -0.1) is 0 Å². The highest BCUT2D eigenvalue weighted by Crippen LogP contribution is 2.13. The molecule has 60 valence electrons. The third-order valence-electron chi connectivity index (χ3n) is 1.29. The van der Waals surface area contributed by atoms with Crippen LogP contribution in [0.25, 0.3) is 0 Å². The number of rotatable bonds is 1. The standard InChI is InChI=1S/C8H6N2OS/c9-5-6-3-1-2-4-7(6)10-8(11)12/h1-4H,(H2,10,11,12). The minimum absolute atomic E-state index is 0.430. The van der Waals surface area contributed by atoms with E-state index in [2.05, 4.69) is 17.9 Å². The van der Waals surface area contributed by atoms with Crippen LogP contribution in [0, 0.1) is 11.3 Å². The molecule has 0 aliphatic heterocycles. The molecule has 0 atom stereocenters. The quantitative estimate of drug-likeness (QED) is 0.646. The Balaban J connectivity index is 2.99. The minimum Gasteiger partial charge on any atom is -0.316 e. The van der Waals surface area contributed by atoms with E-state index in [-0.39, 0.29) is 0 Å². The Hall–Kier alpha value is -1.47. The summed E-state index contributed by atoms with van der Waals surface area (Å²) in [6, 6.07) is 8.69. The molecule has 0 aliphatic rings. The summed E-state index contributed by atoms with van der Waals surface area (Å²) < 4.78 is 0. The maximum atomic E-state index is 10.5. The molecule has 0 bridgehead atoms. The number of carbonyl (C=O) groups excluding carboxylic acids is 1. The van der Waals surface area contributed by atoms with Gasteiger partial charge in [0.25, 0.3) is 5.24 Å². The largest absolute Gasteiger partial charge is 0.316 e. The highest BCUT2D eigenvalue weighted by atomic mass is 32.1. The van der Waals surface area contributed by atoms with Gasteiger partial charge >= 0.3 is 0 Å². The van der Waals surface area contributed by atoms with Crippen molar-refractivity contribution in [3.05, 3.63) is 29.8 Å². The smallest absolute Gasteiger partial charge is 0.280 e. The van der Waals surface area contributed by atoms with Crippen molar-refractivity contribution in [3.63, 3.8) is 0 Å². The molecular formula is C8H6N2OS. The molecular weight excluding hydrogens is 172 g/mol. The van der Waals surface area contributed by atoms with E-state index in [4.69, 9.17) is 5.26 Å². The van der Waals surface area contributed by atoms with Crippen molar-refractivity contribution in [2.75, 3.05) is 5.32 Å². The van der Waals surface area contributed by atoms with Crippen molar-refractivity contribution in [3.8, 4) is 6.07 Å². The first-order valence-corrected chi connectivity index (χ1v) is 3.68. The lowest BCUT2D eigenvalue weighted by Gasteiger charge is -2.01. The predicted molar refractivity (Wildman–Crippen MR) is 49.2 cm³/mol. The number of hydrogen-bond donors (Lipinski definition) is 2. The van der Waals surface area contributed by atoms with Crippen LogP contribution >= 0.6 is 12.6 Å². The first-order chi connectivity index (χ1) is 5.74. The van der Waals surface area contributed by atoms with Gasteiger partial charge in [-0.2, -0.15) is 5.26 Å². The number of nitrogens with zero attached hydrogens (tertiary/aromatic N) is 1. The van der Waals surface area contributed by atoms with E-state index in [1.807, 2.05) is 6.07 Å². The number of nitriles is 1. The summed E-state index contributed by atoms with van der Waals surface area (Å²) in [4.78, 5) is 10.5. The summed E-state index contributed by atoms with van der Waals surface area (Å²) in [6.07, 6.45) is 0. The molecule has 0 saturated heterocycles. The van der Waals surface area contributed by atoms with Crippen molar-refractivity contribution in [1.82, 2.24) is 0 Å². The molecule has 0 saturated carbocycles. The minimum atomic E-state index is -0.474. The third-order valence-corrected chi connectivity index (χ3v) is 1.40. The Kier molecular flexibility index (Phi) is 2.72. The van der Waals surface area contributed by atoms with Gasteiger partial charge in [0.05, 0.1) is 11.3 Å². The van der Waals surface area contributed by atoms with Crippen LogP contribution < -0.4 is 5.32 Å². The number of carbonyl (C=O) groups is 1. The molecule has 0 heterocycles. The summed E-state index contributed by atoms with van der Waals surface area (Å²) in [5.41, 5.74) is 0.917. The molecule has 0 aromatic heterocycles. The number of nitrogens with one attached hydrogen (secondary N) is 1. The lowest BCUT2D eigenvalue weighted by molar-refractivity contribution is 0.270. The van der Waals surface area contributed by atoms with Gasteiger partial charge in [-0.3, -0.25) is 4.79 Å². The second-order valence-corrected chi connectivity index (χ2v) is 2.49. The fourth-order valence-corrected chi connectivity index (χ4v) is 0.925. The van der Waals surface area contributed by atoms with Gasteiger partial charge in [0.15, 0.2) is 0 Å². The fraction of sp³-hybridized carbons (Fsp3) is 0. The number of thiol groups is 1. The van der Waals surface area contributed by atoms with Gasteiger partial charge in [-0.1, -0.05) is 24.8 Å². The summed E-state index contributed by atoms with van der Waals surface area (Å²) in [6.45, 7) is 0. The number of anilines is 1. The number of hydrogen-bond acceptors (Lipinski definition) is 2. The van der Waals surface area contributed by atoms with Crippen LogP contribution in [0.15, 0.2) is 24.3 Å². The van der Waals surface area contributed by atoms with Crippen molar-refractivity contribution < 1.29 is 4.79 Å². The molecule has 12 heavy (non-hydrogen) atoms. The van der Waals surface area contributed by atoms with Crippen LogP contribution in [0.3, 0.4) is 0 Å². The van der Waals surface area contributed by atoms with Crippen molar-refractivity contribution in [1.29, 1.82) is 5.26 Å². The van der Waals surface area contributed by atoms with Crippen molar-refractivity contribution >= 4 is 23.6 Å². The fourth-order valence-electron chi connectivity index (χ4n) is 0.805. The van der Waals surface area contributed by atoms with Crippen molar-refractivity contribution in [2.45, 2.75) is 0 Å². The third kappa shape index (κ3) is 2.01. The zero-order chi connectivity index (χ0) is 8.97. The summed E-state index contributed by atoms with van der Waals surface area (Å²) >= 11 is 3.54. The van der Waals surface area contributed by atoms with Crippen LogP contribution in [-0.2, 0) is 0 Å². The molecule has 3 nitrogen and oxygen atoms in total. The maximum Gasteiger partial charge on any atom is 0.280 e. The monoisotopic (exact) mass is 178 g/mol. The highest BCUT2D eigenvalue weighted by Gasteiger charge is 2.00. The van der Waals surface area contributed by atoms with Crippen LogP contribution in [-0.4, -0.2) is 5.24 Å². The maximum absolute atomic E-state index is 10.5. The summed E-state index contributed by atoms with van der Waals surface area (Å²) in [5, 5.41) is 10.6. The van der Waals surface area contributed by atoms with Crippen LogP contribution in [0.4, 0.5) is 10.5 Å². The predicted octanol–water partition coefficient (Wildman–Crippen LogP) is 2.02. The van der Waals surface area contributed by atoms with E-state index < -0.39 is 5.24 Å². The van der Waals surface area contributed by atoms with Gasteiger partial charge < -0.3 is 5.32 Å². The second kappa shape index (κ2) is 3.79. The second-order valence-electron chi connectivity index (χ2n) is 2.09. The molecule has 0 unspecified atom stereocenters. The molecule has 0 fully saturated rings. The first kappa shape index (κ1) is 8.62. The van der Waals surface area contributed by atoms with Crippen LogP contribution in [0.1, 0.15) is 5.56 Å². The molecule has 0 spiro atoms. The number of para-hydroxylation sites is 1. The Labute approximate surface area is 75.4 Å². The zero-order valence-corrected chi connectivity index (χ0v) is 7.01. The van der Waals surface area contributed by atoms with Crippen molar-refractivity contribution in [2.24, 2.45) is 0 Å². The zero-order valence-electron chi connectivity index (χ0n) is 6.11. The lowest BCUT2D eigenvalue weighted by atomic mass is 10.2. The molecule has 1 aromatic carbocycles. The van der Waals surface area contributed by atoms with E-state index in [1.165, 1.54) is 0 Å². The normalized spacial score (nSPS) is 8.67. The van der Waals surface area contributed by atoms with Gasteiger partial charge in [0, 0.05) is 0 Å². The van der Waals surface area contributed by atoms with Gasteiger partial charge in [-0.05, 0) is 12.1 Å². The lowest BCUT2D eigenvalue weighted by Crippen LogP contribution is -2.02. The van der Waals surface area contributed by atoms with E-state index in [9.17, 15) is 4.79 Å². The Morgan fingerprint density at radius 3 is 2.75 bits per heavy atom. The highest BCUT2D eigenvalue weighted by molar-refractivity contribution is 7.96. The summed E-state index contributed by atoms with van der Waals surface area (Å²) in [5.74, 6) is 0. The molecule has 1 aromatic rings. The topological polar surface area (TPSA) is 52.9 Å². The Bertz CT molecular complexity index is 343. The van der Waals surface area contributed by atoms with Gasteiger partial charge in [0.2, 0.25) is 0 Å². The van der Waals surface area contributed by atoms with E-state index in [1.54, 1.807) is 24.3 Å². The molecule has 1 amide bonds.